The van der Waals surface area contributed by atoms with Gasteiger partial charge in [0.1, 0.15) is 5.82 Å². The van der Waals surface area contributed by atoms with Gasteiger partial charge in [-0.05, 0) is 32.0 Å². The van der Waals surface area contributed by atoms with Crippen molar-refractivity contribution in [2.75, 3.05) is 5.32 Å². The molecule has 0 saturated heterocycles. The molecule has 1 aromatic carbocycles. The van der Waals surface area contributed by atoms with E-state index >= 15 is 0 Å². The molecule has 1 unspecified atom stereocenters. The van der Waals surface area contributed by atoms with Gasteiger partial charge in [-0.25, -0.2) is 9.37 Å². The SMILES string of the molecule is Cc1csc(SC(C)C(=O)Nc2ccc(Cl)cc2F)n1. The van der Waals surface area contributed by atoms with Crippen molar-refractivity contribution in [3.05, 3.63) is 40.1 Å². The molecule has 7 heteroatoms. The molecule has 3 nitrogen and oxygen atoms in total. The van der Waals surface area contributed by atoms with Crippen LogP contribution in [0, 0.1) is 12.7 Å². The molecule has 1 amide bonds. The zero-order valence-electron chi connectivity index (χ0n) is 10.8. The summed E-state index contributed by atoms with van der Waals surface area (Å²) < 4.78 is 14.4. The first-order valence-electron chi connectivity index (χ1n) is 5.80. The Kier molecular flexibility index (Phi) is 5.01. The summed E-state index contributed by atoms with van der Waals surface area (Å²) in [5.41, 5.74) is 1.05. The number of rotatable bonds is 4. The Morgan fingerprint density at radius 3 is 2.90 bits per heavy atom. The highest BCUT2D eigenvalue weighted by Crippen LogP contribution is 2.27. The normalized spacial score (nSPS) is 12.2. The van der Waals surface area contributed by atoms with Gasteiger partial charge >= 0.3 is 0 Å². The highest BCUT2D eigenvalue weighted by molar-refractivity contribution is 8.02. The highest BCUT2D eigenvalue weighted by Gasteiger charge is 2.17. The number of anilines is 1. The second kappa shape index (κ2) is 6.56. The Hall–Kier alpha value is -1.11. The number of hydrogen-bond donors (Lipinski definition) is 1. The highest BCUT2D eigenvalue weighted by atomic mass is 35.5. The van der Waals surface area contributed by atoms with Crippen molar-refractivity contribution in [2.45, 2.75) is 23.4 Å². The number of nitrogens with one attached hydrogen (secondary N) is 1. The van der Waals surface area contributed by atoms with Gasteiger partial charge in [-0.2, -0.15) is 0 Å². The van der Waals surface area contributed by atoms with Crippen LogP contribution in [0.1, 0.15) is 12.6 Å². The molecular weight excluding hydrogens is 319 g/mol. The minimum absolute atomic E-state index is 0.127. The smallest absolute Gasteiger partial charge is 0.237 e. The second-order valence-electron chi connectivity index (χ2n) is 4.13. The maximum atomic E-state index is 13.6. The number of nitrogens with zero attached hydrogens (tertiary/aromatic N) is 1. The largest absolute Gasteiger partial charge is 0.323 e. The fourth-order valence-corrected chi connectivity index (χ4v) is 3.56. The van der Waals surface area contributed by atoms with Gasteiger partial charge in [-0.15, -0.1) is 11.3 Å². The minimum atomic E-state index is -0.548. The number of benzene rings is 1. The van der Waals surface area contributed by atoms with E-state index < -0.39 is 5.82 Å². The maximum absolute atomic E-state index is 13.6. The van der Waals surface area contributed by atoms with Crippen molar-refractivity contribution >= 4 is 46.3 Å². The van der Waals surface area contributed by atoms with Crippen LogP contribution in [0.5, 0.6) is 0 Å². The third-order valence-electron chi connectivity index (χ3n) is 2.43. The Balaban J connectivity index is 2.00. The Labute approximate surface area is 129 Å². The lowest BCUT2D eigenvalue weighted by atomic mass is 10.3. The molecule has 1 aromatic heterocycles. The van der Waals surface area contributed by atoms with Gasteiger partial charge in [0.2, 0.25) is 5.91 Å². The van der Waals surface area contributed by atoms with Gasteiger partial charge in [-0.3, -0.25) is 4.79 Å². The summed E-state index contributed by atoms with van der Waals surface area (Å²) in [6, 6.07) is 4.14. The number of aryl methyl sites for hydroxylation is 1. The molecule has 0 aliphatic rings. The third kappa shape index (κ3) is 3.94. The van der Waals surface area contributed by atoms with Crippen molar-refractivity contribution < 1.29 is 9.18 Å². The van der Waals surface area contributed by atoms with Crippen LogP contribution in [-0.4, -0.2) is 16.1 Å². The lowest BCUT2D eigenvalue weighted by Crippen LogP contribution is -2.22. The Bertz CT molecular complexity index is 633. The summed E-state index contributed by atoms with van der Waals surface area (Å²) in [6.07, 6.45) is 0. The van der Waals surface area contributed by atoms with Crippen LogP contribution in [0.3, 0.4) is 0 Å². The number of carbonyl (C=O) groups excluding carboxylic acids is 1. The Morgan fingerprint density at radius 1 is 1.55 bits per heavy atom. The molecule has 0 radical (unpaired) electrons. The van der Waals surface area contributed by atoms with E-state index in [0.717, 1.165) is 10.0 Å². The number of amides is 1. The molecule has 2 rings (SSSR count). The first kappa shape index (κ1) is 15.3. The lowest BCUT2D eigenvalue weighted by molar-refractivity contribution is -0.115. The first-order valence-corrected chi connectivity index (χ1v) is 7.94. The van der Waals surface area contributed by atoms with Crippen LogP contribution < -0.4 is 5.32 Å². The molecule has 2 aromatic rings. The summed E-state index contributed by atoms with van der Waals surface area (Å²) >= 11 is 8.50. The summed E-state index contributed by atoms with van der Waals surface area (Å²) in [6.45, 7) is 3.65. The van der Waals surface area contributed by atoms with E-state index in [0.29, 0.717) is 5.02 Å². The number of hydrogen-bond acceptors (Lipinski definition) is 4. The van der Waals surface area contributed by atoms with E-state index in [9.17, 15) is 9.18 Å². The van der Waals surface area contributed by atoms with Gasteiger partial charge in [0.15, 0.2) is 4.34 Å². The third-order valence-corrected chi connectivity index (χ3v) is 4.86. The number of thioether (sulfide) groups is 1. The summed E-state index contributed by atoms with van der Waals surface area (Å²) in [7, 11) is 0. The van der Waals surface area contributed by atoms with E-state index in [1.807, 2.05) is 12.3 Å². The lowest BCUT2D eigenvalue weighted by Gasteiger charge is -2.11. The van der Waals surface area contributed by atoms with Gasteiger partial charge < -0.3 is 5.32 Å². The first-order chi connectivity index (χ1) is 9.45. The van der Waals surface area contributed by atoms with Crippen LogP contribution in [-0.2, 0) is 4.79 Å². The minimum Gasteiger partial charge on any atom is -0.323 e. The molecule has 0 saturated carbocycles. The summed E-state index contributed by atoms with van der Waals surface area (Å²) in [5, 5.41) is 4.40. The van der Waals surface area contributed by atoms with Crippen molar-refractivity contribution in [2.24, 2.45) is 0 Å². The predicted molar refractivity (Wildman–Crippen MR) is 82.2 cm³/mol. The van der Waals surface area contributed by atoms with E-state index in [1.165, 1.54) is 41.3 Å². The zero-order valence-corrected chi connectivity index (χ0v) is 13.2. The van der Waals surface area contributed by atoms with Crippen molar-refractivity contribution in [3.8, 4) is 0 Å². The molecule has 1 N–H and O–H groups in total. The van der Waals surface area contributed by atoms with E-state index in [1.54, 1.807) is 6.92 Å². The molecule has 106 valence electrons. The van der Waals surface area contributed by atoms with E-state index in [-0.39, 0.29) is 16.8 Å². The van der Waals surface area contributed by atoms with Crippen LogP contribution in [0.4, 0.5) is 10.1 Å². The molecule has 0 spiro atoms. The summed E-state index contributed by atoms with van der Waals surface area (Å²) in [5.74, 6) is -0.822. The van der Waals surface area contributed by atoms with Gasteiger partial charge in [0.25, 0.3) is 0 Å². The van der Waals surface area contributed by atoms with Crippen molar-refractivity contribution in [1.29, 1.82) is 0 Å². The molecular formula is C13H12ClFN2OS2. The van der Waals surface area contributed by atoms with Crippen molar-refractivity contribution in [1.82, 2.24) is 4.98 Å². The van der Waals surface area contributed by atoms with Gasteiger partial charge in [0, 0.05) is 16.1 Å². The Morgan fingerprint density at radius 2 is 2.30 bits per heavy atom. The topological polar surface area (TPSA) is 42.0 Å². The number of thiazole rings is 1. The van der Waals surface area contributed by atoms with E-state index in [4.69, 9.17) is 11.6 Å². The fourth-order valence-electron chi connectivity index (χ4n) is 1.42. The molecule has 0 fully saturated rings. The average Bonchev–Trinajstić information content (AvgIpc) is 2.78. The zero-order chi connectivity index (χ0) is 14.7. The average molecular weight is 331 g/mol. The molecule has 0 aliphatic carbocycles. The van der Waals surface area contributed by atoms with Gasteiger partial charge in [-0.1, -0.05) is 23.4 Å². The molecule has 1 heterocycles. The molecule has 0 bridgehead atoms. The fraction of sp³-hybridized carbons (Fsp3) is 0.231. The van der Waals surface area contributed by atoms with E-state index in [2.05, 4.69) is 10.3 Å². The number of halogens is 2. The number of carbonyl (C=O) groups is 1. The van der Waals surface area contributed by atoms with Crippen LogP contribution in [0.25, 0.3) is 0 Å². The monoisotopic (exact) mass is 330 g/mol. The summed E-state index contributed by atoms with van der Waals surface area (Å²) in [4.78, 5) is 16.3. The van der Waals surface area contributed by atoms with Crippen LogP contribution in [0.2, 0.25) is 5.02 Å². The molecule has 20 heavy (non-hydrogen) atoms. The molecule has 1 atom stereocenters. The second-order valence-corrected chi connectivity index (χ2v) is 7.01. The maximum Gasteiger partial charge on any atom is 0.237 e. The number of aromatic nitrogens is 1. The predicted octanol–water partition coefficient (Wildman–Crippen LogP) is 4.36. The van der Waals surface area contributed by atoms with Gasteiger partial charge in [0.05, 0.1) is 10.9 Å². The van der Waals surface area contributed by atoms with Crippen LogP contribution >= 0.6 is 34.7 Å². The van der Waals surface area contributed by atoms with Crippen LogP contribution in [0.15, 0.2) is 27.9 Å². The molecule has 0 aliphatic heterocycles. The van der Waals surface area contributed by atoms with Crippen molar-refractivity contribution in [3.63, 3.8) is 0 Å². The standard InChI is InChI=1S/C13H12ClFN2OS2/c1-7-6-19-13(16-7)20-8(2)12(18)17-11-4-3-9(14)5-10(11)15/h3-6,8H,1-2H3,(H,17,18). The quantitative estimate of drug-likeness (QED) is 0.847.